The van der Waals surface area contributed by atoms with Gasteiger partial charge in [-0.05, 0) is 135 Å². The Hall–Kier alpha value is -8.62. The van der Waals surface area contributed by atoms with Gasteiger partial charge < -0.3 is 40.1 Å². The maximum Gasteiger partial charge on any atom is 0.416 e. The Morgan fingerprint density at radius 1 is 0.632 bits per heavy atom. The maximum absolute atomic E-state index is 12.7. The number of aryl methyl sites for hydroxylation is 5. The summed E-state index contributed by atoms with van der Waals surface area (Å²) >= 11 is 0. The molecule has 0 saturated carbocycles. The highest BCUT2D eigenvalue weighted by Gasteiger charge is 2.45. The highest BCUT2D eigenvalue weighted by atomic mass is 19.4. The van der Waals surface area contributed by atoms with Crippen molar-refractivity contribution in [3.8, 4) is 12.1 Å². The smallest absolute Gasteiger partial charge is 0.399 e. The molecule has 14 N–H and O–H groups in total. The minimum atomic E-state index is -4.48. The fraction of sp³-hybridized carbons (Fsp3) is 0.250. The number of rotatable bonds is 4. The molecule has 0 fully saturated rings. The Bertz CT molecular complexity index is 2960. The maximum atomic E-state index is 12.7. The lowest BCUT2D eigenvalue weighted by Gasteiger charge is -2.36. The minimum absolute atomic E-state index is 0.0231. The number of para-hydroxylation sites is 4. The molecule has 12 nitrogen and oxygen atoms in total. The van der Waals surface area contributed by atoms with Crippen molar-refractivity contribution in [3.63, 3.8) is 0 Å². The van der Waals surface area contributed by atoms with Crippen molar-refractivity contribution in [2.75, 3.05) is 34.4 Å². The van der Waals surface area contributed by atoms with Gasteiger partial charge in [-0.3, -0.25) is 10.1 Å². The van der Waals surface area contributed by atoms with Crippen LogP contribution in [-0.4, -0.2) is 17.1 Å². The number of benzene rings is 6. The number of alkyl halides is 6. The van der Waals surface area contributed by atoms with E-state index in [1.807, 2.05) is 62.4 Å². The fourth-order valence-corrected chi connectivity index (χ4v) is 6.41. The summed E-state index contributed by atoms with van der Waals surface area (Å²) in [4.78, 5) is 9.82. The summed E-state index contributed by atoms with van der Waals surface area (Å²) < 4.78 is 99.6. The molecule has 2 unspecified atom stereocenters. The van der Waals surface area contributed by atoms with Crippen molar-refractivity contribution in [1.29, 1.82) is 10.5 Å². The number of hydrogen-bond donors (Lipinski definition) is 7. The zero-order chi connectivity index (χ0) is 58.1. The average Bonchev–Trinajstić information content (AvgIpc) is 3.37. The van der Waals surface area contributed by atoms with E-state index < -0.39 is 39.9 Å². The molecule has 0 saturated heterocycles. The van der Waals surface area contributed by atoms with Gasteiger partial charge in [-0.25, -0.2) is 8.78 Å². The number of anilines is 6. The highest BCUT2D eigenvalue weighted by Crippen LogP contribution is 2.42. The third kappa shape index (κ3) is 21.1. The normalized spacial score (nSPS) is 14.2. The van der Waals surface area contributed by atoms with Crippen LogP contribution in [0.3, 0.4) is 0 Å². The third-order valence-corrected chi connectivity index (χ3v) is 11.4. The van der Waals surface area contributed by atoms with Crippen LogP contribution in [0.2, 0.25) is 0 Å². The number of nitro groups is 1. The van der Waals surface area contributed by atoms with Crippen LogP contribution < -0.4 is 40.1 Å². The predicted molar refractivity (Wildman–Crippen MR) is 289 cm³/mol. The molecule has 7 rings (SSSR count). The van der Waals surface area contributed by atoms with Crippen LogP contribution in [0.1, 0.15) is 73.1 Å². The number of nitriles is 2. The largest absolute Gasteiger partial charge is 0.416 e. The molecule has 0 heterocycles. The van der Waals surface area contributed by atoms with Gasteiger partial charge in [0.25, 0.3) is 5.69 Å². The van der Waals surface area contributed by atoms with E-state index in [9.17, 15) is 45.2 Å². The first-order valence-electron chi connectivity index (χ1n) is 23.1. The number of nitrogens with two attached hydrogens (primary N) is 7. The van der Waals surface area contributed by atoms with Crippen molar-refractivity contribution < 1.29 is 40.0 Å². The van der Waals surface area contributed by atoms with E-state index in [4.69, 9.17) is 50.7 Å². The molecule has 0 bridgehead atoms. The number of allylic oxidation sites excluding steroid dienone is 2. The van der Waals surface area contributed by atoms with E-state index in [0.717, 1.165) is 52.6 Å². The van der Waals surface area contributed by atoms with E-state index in [0.29, 0.717) is 41.0 Å². The van der Waals surface area contributed by atoms with Crippen LogP contribution in [0.15, 0.2) is 145 Å². The molecule has 0 amide bonds. The summed E-state index contributed by atoms with van der Waals surface area (Å²) in [5.41, 5.74) is 43.5. The second kappa shape index (κ2) is 30.5. The van der Waals surface area contributed by atoms with Crippen LogP contribution in [-0.2, 0) is 19.0 Å². The fourth-order valence-electron chi connectivity index (χ4n) is 6.41. The zero-order valence-electron chi connectivity index (χ0n) is 43.1. The van der Waals surface area contributed by atoms with Gasteiger partial charge in [0.1, 0.15) is 23.4 Å². The topological polar surface area (TPSA) is 273 Å². The van der Waals surface area contributed by atoms with Crippen molar-refractivity contribution in [2.45, 2.75) is 86.1 Å². The second-order valence-electron chi connectivity index (χ2n) is 16.9. The minimum Gasteiger partial charge on any atom is -0.399 e. The average molecular weight is 1060 g/mol. The Balaban J connectivity index is 0.000000449. The molecule has 1 aliphatic rings. The Labute approximate surface area is 438 Å². The van der Waals surface area contributed by atoms with Crippen LogP contribution in [0.5, 0.6) is 0 Å². The first kappa shape index (κ1) is 65.4. The van der Waals surface area contributed by atoms with Crippen LogP contribution in [0.4, 0.5) is 74.9 Å². The Kier molecular flexibility index (Phi) is 26.3. The molecule has 6 aromatic carbocycles. The predicted octanol–water partition coefficient (Wildman–Crippen LogP) is 13.4. The zero-order valence-corrected chi connectivity index (χ0v) is 43.1. The second-order valence-corrected chi connectivity index (χ2v) is 16.9. The molecule has 0 aromatic heterocycles. The number of halogens is 8. The Morgan fingerprint density at radius 3 is 1.53 bits per heavy atom. The quantitative estimate of drug-likeness (QED) is 0.0377. The summed E-state index contributed by atoms with van der Waals surface area (Å²) in [6, 6.07) is 34.9. The SMILES string of the molecule is CCC1(C)C=C(C#N)C=C(C(F)(F)F)C1N.CCc1cc(C(F)(F)F)ccc1N.CCc1cc(F)ccc1N.Cc1cccc(C#N)c1N.Cc1cccc(F)c1N.Cc1cccc([N+](=O)[O-])c1N.Nc1ccccc1. The van der Waals surface area contributed by atoms with Gasteiger partial charge in [-0.1, -0.05) is 88.4 Å². The number of nitro benzene ring substituents is 1. The summed E-state index contributed by atoms with van der Waals surface area (Å²) in [6.07, 6.45) is -4.66. The van der Waals surface area contributed by atoms with Gasteiger partial charge in [0.2, 0.25) is 0 Å². The standard InChI is InChI=1S/C11H13F3N2.C9H10F3N.C8H10FN.C8H8N2.C7H8FN.C7H8N2O2.C6H7N/c1-3-10(2)5-7(6-15)4-8(9(10)16)11(12,13)14;1-2-6-5-7(9(10,11)12)3-4-8(6)13;1-2-6-5-7(9)3-4-8(6)10;1-6-3-2-4-7(5-9)8(6)10;1-5-3-2-4-6(8)7(5)9;1-5-3-2-4-6(7(5)8)9(10)11;7-6-4-2-1-3-5-6/h4-5,9H,3,16H2,1-2H3;3-5H,2,13H2,1H3;3-5H,2,10H2,1H3;2-4H,10H2,1H3;2-4H,9H2,1H3;2-4H,8H2,1H3;1-5H,7H2. The van der Waals surface area contributed by atoms with Gasteiger partial charge in [-0.2, -0.15) is 36.9 Å². The summed E-state index contributed by atoms with van der Waals surface area (Å²) in [7, 11) is 0. The summed E-state index contributed by atoms with van der Waals surface area (Å²) in [5, 5.41) is 27.5. The molecule has 1 aliphatic carbocycles. The van der Waals surface area contributed by atoms with Crippen LogP contribution in [0.25, 0.3) is 0 Å². The van der Waals surface area contributed by atoms with E-state index in [1.165, 1.54) is 36.4 Å². The van der Waals surface area contributed by atoms with Gasteiger partial charge >= 0.3 is 12.4 Å². The molecular formula is C56H64F8N10O2. The van der Waals surface area contributed by atoms with Gasteiger partial charge in [0.15, 0.2) is 0 Å². The number of hydrogen-bond acceptors (Lipinski definition) is 11. The summed E-state index contributed by atoms with van der Waals surface area (Å²) in [5.74, 6) is -0.555. The lowest BCUT2D eigenvalue weighted by atomic mass is 9.72. The van der Waals surface area contributed by atoms with Crippen molar-refractivity contribution in [2.24, 2.45) is 11.1 Å². The highest BCUT2D eigenvalue weighted by molar-refractivity contribution is 5.62. The van der Waals surface area contributed by atoms with Crippen LogP contribution in [0, 0.1) is 70.6 Å². The first-order chi connectivity index (χ1) is 35.4. The van der Waals surface area contributed by atoms with Gasteiger partial charge in [0, 0.05) is 40.2 Å². The van der Waals surface area contributed by atoms with Crippen molar-refractivity contribution >= 4 is 39.8 Å². The third-order valence-electron chi connectivity index (χ3n) is 11.4. The number of nitrogens with zero attached hydrogens (tertiary/aromatic N) is 3. The van der Waals surface area contributed by atoms with Crippen molar-refractivity contribution in [1.82, 2.24) is 0 Å². The molecule has 0 radical (unpaired) electrons. The lowest BCUT2D eigenvalue weighted by molar-refractivity contribution is -0.383. The molecule has 76 heavy (non-hydrogen) atoms. The molecule has 0 spiro atoms. The lowest BCUT2D eigenvalue weighted by Crippen LogP contribution is -2.45. The molecule has 0 aliphatic heterocycles. The van der Waals surface area contributed by atoms with E-state index in [2.05, 4.69) is 0 Å². The first-order valence-corrected chi connectivity index (χ1v) is 23.1. The van der Waals surface area contributed by atoms with Gasteiger partial charge in [0.05, 0.1) is 39.1 Å². The van der Waals surface area contributed by atoms with E-state index in [1.54, 1.807) is 77.1 Å². The Morgan fingerprint density at radius 2 is 1.13 bits per heavy atom. The van der Waals surface area contributed by atoms with Crippen LogP contribution >= 0.6 is 0 Å². The van der Waals surface area contributed by atoms with E-state index >= 15 is 0 Å². The molecular weight excluding hydrogens is 997 g/mol. The molecule has 2 atom stereocenters. The number of nitrogen functional groups attached to an aromatic ring is 6. The molecule has 6 aromatic rings. The molecule has 20 heteroatoms. The van der Waals surface area contributed by atoms with Crippen molar-refractivity contribution in [3.05, 3.63) is 205 Å². The monoisotopic (exact) mass is 1060 g/mol. The van der Waals surface area contributed by atoms with E-state index in [-0.39, 0.29) is 34.3 Å². The molecule has 406 valence electrons. The summed E-state index contributed by atoms with van der Waals surface area (Å²) in [6.45, 7) is 12.5. The van der Waals surface area contributed by atoms with Gasteiger partial charge in [-0.15, -0.1) is 0 Å².